The number of carbonyl (C=O) groups is 3. The fourth-order valence-electron chi connectivity index (χ4n) is 6.72. The quantitative estimate of drug-likeness (QED) is 0.0354. The van der Waals surface area contributed by atoms with Crippen molar-refractivity contribution in [1.82, 2.24) is 0 Å². The second-order valence-electron chi connectivity index (χ2n) is 16.4. The molecule has 6 heteroatoms. The summed E-state index contributed by atoms with van der Waals surface area (Å²) in [6, 6.07) is 0. The number of hydrogen-bond donors (Lipinski definition) is 0. The van der Waals surface area contributed by atoms with Gasteiger partial charge in [0, 0.05) is 19.3 Å². The molecule has 0 aliphatic rings. The number of rotatable bonds is 40. The van der Waals surface area contributed by atoms with Crippen molar-refractivity contribution in [2.24, 2.45) is 11.8 Å². The summed E-state index contributed by atoms with van der Waals surface area (Å²) in [6.07, 6.45) is 36.7. The summed E-state index contributed by atoms with van der Waals surface area (Å²) in [4.78, 5) is 37.6. The van der Waals surface area contributed by atoms with Gasteiger partial charge in [-0.3, -0.25) is 14.4 Å². The Morgan fingerprint density at radius 3 is 1.10 bits per heavy atom. The van der Waals surface area contributed by atoms with Gasteiger partial charge in [-0.05, 0) is 31.1 Å². The van der Waals surface area contributed by atoms with Crippen molar-refractivity contribution in [1.29, 1.82) is 0 Å². The van der Waals surface area contributed by atoms with Gasteiger partial charge in [0.05, 0.1) is 0 Å². The van der Waals surface area contributed by atoms with E-state index in [-0.39, 0.29) is 31.1 Å². The molecule has 0 rings (SSSR count). The van der Waals surface area contributed by atoms with Crippen LogP contribution in [0.5, 0.6) is 0 Å². The van der Waals surface area contributed by atoms with Crippen molar-refractivity contribution in [3.63, 3.8) is 0 Å². The summed E-state index contributed by atoms with van der Waals surface area (Å²) in [5, 5.41) is 0. The van der Waals surface area contributed by atoms with Crippen molar-refractivity contribution in [2.75, 3.05) is 13.2 Å². The highest BCUT2D eigenvalue weighted by molar-refractivity contribution is 5.71. The van der Waals surface area contributed by atoms with Crippen LogP contribution < -0.4 is 0 Å². The average molecular weight is 737 g/mol. The first-order chi connectivity index (χ1) is 25.3. The molecule has 1 unspecified atom stereocenters. The Balaban J connectivity index is 4.32. The number of esters is 3. The van der Waals surface area contributed by atoms with Gasteiger partial charge in [-0.1, -0.05) is 208 Å². The van der Waals surface area contributed by atoms with Gasteiger partial charge in [0.25, 0.3) is 0 Å². The molecule has 0 bridgehead atoms. The maximum Gasteiger partial charge on any atom is 0.306 e. The Hall–Kier alpha value is -1.59. The van der Waals surface area contributed by atoms with E-state index in [1.54, 1.807) is 0 Å². The molecule has 0 aromatic carbocycles. The minimum atomic E-state index is -0.761. The maximum absolute atomic E-state index is 12.7. The van der Waals surface area contributed by atoms with Gasteiger partial charge in [-0.15, -0.1) is 0 Å². The maximum atomic E-state index is 12.7. The fourth-order valence-corrected chi connectivity index (χ4v) is 6.72. The fraction of sp³-hybridized carbons (Fsp3) is 0.935. The summed E-state index contributed by atoms with van der Waals surface area (Å²) in [5.41, 5.74) is 0. The molecular formula is C46H88O6. The van der Waals surface area contributed by atoms with Gasteiger partial charge < -0.3 is 14.2 Å². The molecule has 308 valence electrons. The van der Waals surface area contributed by atoms with Crippen LogP contribution in [0.3, 0.4) is 0 Å². The van der Waals surface area contributed by atoms with Gasteiger partial charge >= 0.3 is 17.9 Å². The highest BCUT2D eigenvalue weighted by atomic mass is 16.6. The van der Waals surface area contributed by atoms with Crippen molar-refractivity contribution < 1.29 is 28.6 Å². The summed E-state index contributed by atoms with van der Waals surface area (Å²) in [5.74, 6) is 0.713. The molecule has 0 radical (unpaired) electrons. The van der Waals surface area contributed by atoms with Gasteiger partial charge in [-0.25, -0.2) is 0 Å². The number of ether oxygens (including phenoxy) is 3. The SMILES string of the molecule is CCCCCCCCCCCCCCCCCC(=O)O[C@@H](COC(=O)CCCCCCCCC(C)C)COC(=O)CCCCCCCCC(C)CC. The lowest BCUT2D eigenvalue weighted by Crippen LogP contribution is -2.30. The highest BCUT2D eigenvalue weighted by Gasteiger charge is 2.19. The van der Waals surface area contributed by atoms with Crippen molar-refractivity contribution >= 4 is 17.9 Å². The van der Waals surface area contributed by atoms with E-state index in [1.807, 2.05) is 0 Å². The van der Waals surface area contributed by atoms with E-state index < -0.39 is 6.10 Å². The van der Waals surface area contributed by atoms with E-state index in [9.17, 15) is 14.4 Å². The number of hydrogen-bond acceptors (Lipinski definition) is 6. The average Bonchev–Trinajstić information content (AvgIpc) is 3.12. The van der Waals surface area contributed by atoms with Gasteiger partial charge in [-0.2, -0.15) is 0 Å². The first kappa shape index (κ1) is 50.4. The molecule has 0 aliphatic heterocycles. The predicted octanol–water partition coefficient (Wildman–Crippen LogP) is 14.2. The third-order valence-electron chi connectivity index (χ3n) is 10.6. The van der Waals surface area contributed by atoms with E-state index in [0.717, 1.165) is 69.6 Å². The van der Waals surface area contributed by atoms with E-state index in [1.165, 1.54) is 135 Å². The normalized spacial score (nSPS) is 12.6. The Labute approximate surface area is 323 Å². The largest absolute Gasteiger partial charge is 0.462 e. The molecule has 52 heavy (non-hydrogen) atoms. The van der Waals surface area contributed by atoms with Crippen LogP contribution in [0.25, 0.3) is 0 Å². The van der Waals surface area contributed by atoms with Crippen LogP contribution >= 0.6 is 0 Å². The zero-order valence-corrected chi connectivity index (χ0v) is 35.4. The van der Waals surface area contributed by atoms with Crippen molar-refractivity contribution in [3.8, 4) is 0 Å². The van der Waals surface area contributed by atoms with Crippen LogP contribution in [0.1, 0.15) is 247 Å². The summed E-state index contributed by atoms with van der Waals surface area (Å²) in [7, 11) is 0. The molecule has 0 spiro atoms. The Bertz CT molecular complexity index is 796. The molecule has 0 fully saturated rings. The second kappa shape index (κ2) is 39.1. The summed E-state index contributed by atoms with van der Waals surface area (Å²) < 4.78 is 16.7. The lowest BCUT2D eigenvalue weighted by molar-refractivity contribution is -0.167. The Kier molecular flexibility index (Phi) is 37.9. The monoisotopic (exact) mass is 737 g/mol. The van der Waals surface area contributed by atoms with Crippen LogP contribution in [0, 0.1) is 11.8 Å². The van der Waals surface area contributed by atoms with Crippen LogP contribution in [0.15, 0.2) is 0 Å². The molecule has 0 N–H and O–H groups in total. The minimum absolute atomic E-state index is 0.0668. The zero-order valence-electron chi connectivity index (χ0n) is 35.4. The van der Waals surface area contributed by atoms with E-state index in [4.69, 9.17) is 14.2 Å². The summed E-state index contributed by atoms with van der Waals surface area (Å²) in [6.45, 7) is 11.2. The first-order valence-corrected chi connectivity index (χ1v) is 22.8. The zero-order chi connectivity index (χ0) is 38.3. The van der Waals surface area contributed by atoms with Crippen LogP contribution in [0.4, 0.5) is 0 Å². The molecule has 6 nitrogen and oxygen atoms in total. The van der Waals surface area contributed by atoms with E-state index in [2.05, 4.69) is 34.6 Å². The molecule has 0 heterocycles. The third kappa shape index (κ3) is 38.1. The molecule has 0 saturated carbocycles. The minimum Gasteiger partial charge on any atom is -0.462 e. The van der Waals surface area contributed by atoms with E-state index >= 15 is 0 Å². The molecule has 0 aromatic rings. The first-order valence-electron chi connectivity index (χ1n) is 22.8. The van der Waals surface area contributed by atoms with Gasteiger partial charge in [0.1, 0.15) is 13.2 Å². The third-order valence-corrected chi connectivity index (χ3v) is 10.6. The van der Waals surface area contributed by atoms with Crippen LogP contribution in [0.2, 0.25) is 0 Å². The molecule has 0 aromatic heterocycles. The second-order valence-corrected chi connectivity index (χ2v) is 16.4. The number of carbonyl (C=O) groups excluding carboxylic acids is 3. The number of unbranched alkanes of at least 4 members (excludes halogenated alkanes) is 24. The summed E-state index contributed by atoms with van der Waals surface area (Å²) >= 11 is 0. The lowest BCUT2D eigenvalue weighted by Gasteiger charge is -2.18. The Morgan fingerprint density at radius 1 is 0.404 bits per heavy atom. The Morgan fingerprint density at radius 2 is 0.731 bits per heavy atom. The molecule has 2 atom stereocenters. The smallest absolute Gasteiger partial charge is 0.306 e. The molecule has 0 amide bonds. The van der Waals surface area contributed by atoms with Crippen molar-refractivity contribution in [2.45, 2.75) is 253 Å². The topological polar surface area (TPSA) is 78.9 Å². The van der Waals surface area contributed by atoms with Crippen LogP contribution in [-0.4, -0.2) is 37.2 Å². The van der Waals surface area contributed by atoms with Gasteiger partial charge in [0.2, 0.25) is 0 Å². The van der Waals surface area contributed by atoms with Crippen molar-refractivity contribution in [3.05, 3.63) is 0 Å². The highest BCUT2D eigenvalue weighted by Crippen LogP contribution is 2.17. The van der Waals surface area contributed by atoms with Crippen LogP contribution in [-0.2, 0) is 28.6 Å². The van der Waals surface area contributed by atoms with E-state index in [0.29, 0.717) is 19.3 Å². The lowest BCUT2D eigenvalue weighted by atomic mass is 10.00. The molecular weight excluding hydrogens is 648 g/mol. The van der Waals surface area contributed by atoms with Gasteiger partial charge in [0.15, 0.2) is 6.10 Å². The predicted molar refractivity (Wildman–Crippen MR) is 220 cm³/mol. The molecule has 0 saturated heterocycles. The standard InChI is InChI=1S/C46H88O6/c1-6-8-9-10-11-12-13-14-15-16-17-18-19-28-33-38-46(49)52-43(39-50-44(47)36-31-26-22-20-24-29-34-41(3)4)40-51-45(48)37-32-27-23-21-25-30-35-42(5)7-2/h41-43H,6-40H2,1-5H3/t42?,43-/m0/s1. The molecule has 0 aliphatic carbocycles.